The van der Waals surface area contributed by atoms with Gasteiger partial charge in [-0.05, 0) is 12.5 Å². The number of imide groups is 1. The van der Waals surface area contributed by atoms with Crippen LogP contribution in [-0.4, -0.2) is 39.6 Å². The molecule has 1 fully saturated rings. The number of aromatic nitrogens is 2. The molecule has 1 aliphatic heterocycles. The smallest absolute Gasteiger partial charge is 0.246 e. The van der Waals surface area contributed by atoms with Crippen LogP contribution < -0.4 is 5.32 Å². The van der Waals surface area contributed by atoms with E-state index in [0.29, 0.717) is 19.4 Å². The van der Waals surface area contributed by atoms with Crippen molar-refractivity contribution < 1.29 is 9.59 Å². The van der Waals surface area contributed by atoms with E-state index in [2.05, 4.69) is 10.4 Å². The molecule has 6 heteroatoms. The zero-order chi connectivity index (χ0) is 15.0. The first-order valence-corrected chi connectivity index (χ1v) is 7.02. The fourth-order valence-corrected chi connectivity index (χ4v) is 2.74. The van der Waals surface area contributed by atoms with Gasteiger partial charge in [0.2, 0.25) is 11.8 Å². The van der Waals surface area contributed by atoms with E-state index in [1.54, 1.807) is 0 Å². The maximum atomic E-state index is 12.0. The average molecular weight is 286 g/mol. The first-order valence-electron chi connectivity index (χ1n) is 7.02. The standard InChI is InChI=1S/C15H18N4O2/c1-18-14(20)8-7-11(15(18)21)16-9-12-10-5-3-4-6-13(10)19(2)17-12/h3-6,11,16H,7-9H2,1-2H3. The maximum Gasteiger partial charge on any atom is 0.246 e. The first-order chi connectivity index (χ1) is 10.1. The van der Waals surface area contributed by atoms with Crippen LogP contribution in [0, 0.1) is 0 Å². The summed E-state index contributed by atoms with van der Waals surface area (Å²) in [6.07, 6.45) is 0.954. The third-order valence-corrected chi connectivity index (χ3v) is 4.00. The van der Waals surface area contributed by atoms with E-state index in [-0.39, 0.29) is 17.9 Å². The van der Waals surface area contributed by atoms with E-state index < -0.39 is 0 Å². The molecule has 1 N–H and O–H groups in total. The van der Waals surface area contributed by atoms with Crippen LogP contribution in [0.15, 0.2) is 24.3 Å². The van der Waals surface area contributed by atoms with Crippen molar-refractivity contribution >= 4 is 22.7 Å². The Labute approximate surface area is 122 Å². The Morgan fingerprint density at radius 1 is 1.29 bits per heavy atom. The summed E-state index contributed by atoms with van der Waals surface area (Å²) in [5, 5.41) is 8.80. The van der Waals surface area contributed by atoms with Gasteiger partial charge < -0.3 is 5.32 Å². The van der Waals surface area contributed by atoms with Crippen molar-refractivity contribution in [3.8, 4) is 0 Å². The minimum atomic E-state index is -0.312. The number of carbonyl (C=O) groups excluding carboxylic acids is 2. The molecule has 3 rings (SSSR count). The molecule has 0 aliphatic carbocycles. The molecule has 1 aliphatic rings. The maximum absolute atomic E-state index is 12.0. The number of piperidine rings is 1. The summed E-state index contributed by atoms with van der Waals surface area (Å²) in [5.41, 5.74) is 1.98. The molecular formula is C15H18N4O2. The summed E-state index contributed by atoms with van der Waals surface area (Å²) < 4.78 is 1.84. The largest absolute Gasteiger partial charge is 0.300 e. The summed E-state index contributed by atoms with van der Waals surface area (Å²) in [5.74, 6) is -0.271. The van der Waals surface area contributed by atoms with Crippen LogP contribution in [-0.2, 0) is 23.2 Å². The van der Waals surface area contributed by atoms with Gasteiger partial charge in [0.25, 0.3) is 0 Å². The highest BCUT2D eigenvalue weighted by Crippen LogP contribution is 2.18. The van der Waals surface area contributed by atoms with Crippen LogP contribution in [0.2, 0.25) is 0 Å². The SMILES string of the molecule is CN1C(=O)CCC(NCc2nn(C)c3ccccc23)C1=O. The second kappa shape index (κ2) is 5.29. The lowest BCUT2D eigenvalue weighted by atomic mass is 10.0. The molecule has 0 spiro atoms. The van der Waals surface area contributed by atoms with Crippen LogP contribution in [0.4, 0.5) is 0 Å². The fourth-order valence-electron chi connectivity index (χ4n) is 2.74. The highest BCUT2D eigenvalue weighted by Gasteiger charge is 2.31. The van der Waals surface area contributed by atoms with Gasteiger partial charge in [0.05, 0.1) is 17.3 Å². The van der Waals surface area contributed by atoms with Crippen molar-refractivity contribution in [2.45, 2.75) is 25.4 Å². The molecule has 2 aromatic rings. The van der Waals surface area contributed by atoms with E-state index in [9.17, 15) is 9.59 Å². The molecule has 6 nitrogen and oxygen atoms in total. The molecule has 1 aromatic heterocycles. The summed E-state index contributed by atoms with van der Waals surface area (Å²) in [4.78, 5) is 24.7. The molecule has 21 heavy (non-hydrogen) atoms. The third kappa shape index (κ3) is 2.42. The van der Waals surface area contributed by atoms with E-state index >= 15 is 0 Å². The number of para-hydroxylation sites is 1. The monoisotopic (exact) mass is 286 g/mol. The second-order valence-electron chi connectivity index (χ2n) is 5.35. The third-order valence-electron chi connectivity index (χ3n) is 4.00. The van der Waals surface area contributed by atoms with Crippen LogP contribution in [0.5, 0.6) is 0 Å². The number of nitrogens with zero attached hydrogens (tertiary/aromatic N) is 3. The Balaban J connectivity index is 1.75. The van der Waals surface area contributed by atoms with Crippen LogP contribution in [0.25, 0.3) is 10.9 Å². The highest BCUT2D eigenvalue weighted by atomic mass is 16.2. The van der Waals surface area contributed by atoms with Gasteiger partial charge >= 0.3 is 0 Å². The average Bonchev–Trinajstić information content (AvgIpc) is 2.81. The Bertz CT molecular complexity index is 707. The van der Waals surface area contributed by atoms with Gasteiger partial charge in [0.1, 0.15) is 0 Å². The molecule has 0 radical (unpaired) electrons. The number of carbonyl (C=O) groups is 2. The number of likely N-dealkylation sites (N-methyl/N-ethyl adjacent to an activating group) is 1. The number of aryl methyl sites for hydroxylation is 1. The lowest BCUT2D eigenvalue weighted by Crippen LogP contribution is -2.51. The molecule has 0 bridgehead atoms. The van der Waals surface area contributed by atoms with Gasteiger partial charge in [-0.3, -0.25) is 19.2 Å². The molecule has 110 valence electrons. The minimum absolute atomic E-state index is 0.110. The molecule has 1 atom stereocenters. The number of hydrogen-bond donors (Lipinski definition) is 1. The highest BCUT2D eigenvalue weighted by molar-refractivity contribution is 6.00. The van der Waals surface area contributed by atoms with Gasteiger partial charge in [-0.1, -0.05) is 18.2 Å². The zero-order valence-electron chi connectivity index (χ0n) is 12.2. The van der Waals surface area contributed by atoms with Crippen LogP contribution >= 0.6 is 0 Å². The fraction of sp³-hybridized carbons (Fsp3) is 0.400. The number of likely N-dealkylation sites (tertiary alicyclic amines) is 1. The molecular weight excluding hydrogens is 268 g/mol. The molecule has 2 amide bonds. The number of fused-ring (bicyclic) bond motifs is 1. The molecule has 1 saturated heterocycles. The number of rotatable bonds is 3. The lowest BCUT2D eigenvalue weighted by molar-refractivity contribution is -0.148. The van der Waals surface area contributed by atoms with Gasteiger partial charge in [-0.25, -0.2) is 0 Å². The molecule has 1 unspecified atom stereocenters. The number of hydrogen-bond acceptors (Lipinski definition) is 4. The number of benzene rings is 1. The summed E-state index contributed by atoms with van der Waals surface area (Å²) in [6, 6.07) is 7.69. The van der Waals surface area contributed by atoms with Crippen molar-refractivity contribution in [2.75, 3.05) is 7.05 Å². The topological polar surface area (TPSA) is 67.2 Å². The molecule has 0 saturated carbocycles. The van der Waals surface area contributed by atoms with Gasteiger partial charge in [-0.2, -0.15) is 5.10 Å². The van der Waals surface area contributed by atoms with E-state index in [0.717, 1.165) is 16.6 Å². The molecule has 2 heterocycles. The quantitative estimate of drug-likeness (QED) is 0.848. The van der Waals surface area contributed by atoms with E-state index in [1.165, 1.54) is 11.9 Å². The van der Waals surface area contributed by atoms with Gasteiger partial charge in [0.15, 0.2) is 0 Å². The Kier molecular flexibility index (Phi) is 3.47. The predicted octanol–water partition coefficient (Wildman–Crippen LogP) is 0.810. The van der Waals surface area contributed by atoms with Crippen molar-refractivity contribution in [3.05, 3.63) is 30.0 Å². The number of nitrogens with one attached hydrogen (secondary N) is 1. The van der Waals surface area contributed by atoms with E-state index in [4.69, 9.17) is 0 Å². The summed E-state index contributed by atoms with van der Waals surface area (Å²) >= 11 is 0. The summed E-state index contributed by atoms with van der Waals surface area (Å²) in [6.45, 7) is 0.514. The number of amides is 2. The van der Waals surface area contributed by atoms with Crippen molar-refractivity contribution in [1.82, 2.24) is 20.0 Å². The Hall–Kier alpha value is -2.21. The first kappa shape index (κ1) is 13.8. The van der Waals surface area contributed by atoms with Gasteiger partial charge in [0, 0.05) is 32.4 Å². The Morgan fingerprint density at radius 2 is 2.05 bits per heavy atom. The zero-order valence-corrected chi connectivity index (χ0v) is 12.2. The normalized spacial score (nSPS) is 19.5. The summed E-state index contributed by atoms with van der Waals surface area (Å²) in [7, 11) is 3.44. The Morgan fingerprint density at radius 3 is 2.86 bits per heavy atom. The van der Waals surface area contributed by atoms with Crippen molar-refractivity contribution in [1.29, 1.82) is 0 Å². The van der Waals surface area contributed by atoms with Crippen LogP contribution in [0.1, 0.15) is 18.5 Å². The predicted molar refractivity (Wildman–Crippen MR) is 78.4 cm³/mol. The van der Waals surface area contributed by atoms with Gasteiger partial charge in [-0.15, -0.1) is 0 Å². The lowest BCUT2D eigenvalue weighted by Gasteiger charge is -2.28. The second-order valence-corrected chi connectivity index (χ2v) is 5.35. The van der Waals surface area contributed by atoms with Crippen molar-refractivity contribution in [3.63, 3.8) is 0 Å². The molecule has 1 aromatic carbocycles. The minimum Gasteiger partial charge on any atom is -0.300 e. The van der Waals surface area contributed by atoms with Crippen molar-refractivity contribution in [2.24, 2.45) is 7.05 Å². The van der Waals surface area contributed by atoms with E-state index in [1.807, 2.05) is 36.0 Å². The van der Waals surface area contributed by atoms with Crippen LogP contribution in [0.3, 0.4) is 0 Å².